The van der Waals surface area contributed by atoms with Crippen LogP contribution in [0.15, 0.2) is 46.2 Å². The molecule has 3 heterocycles. The van der Waals surface area contributed by atoms with E-state index in [2.05, 4.69) is 15.0 Å². The average Bonchev–Trinajstić information content (AvgIpc) is 3.04. The minimum absolute atomic E-state index is 0. The molecule has 3 aromatic rings. The second-order valence-electron chi connectivity index (χ2n) is 6.79. The molecule has 0 radical (unpaired) electrons. The number of benzene rings is 1. The number of aryl methyl sites for hydroxylation is 2. The van der Waals surface area contributed by atoms with E-state index in [0.29, 0.717) is 11.5 Å². The molecule has 4 rings (SSSR count). The van der Waals surface area contributed by atoms with E-state index in [1.165, 1.54) is 6.42 Å². The standard InChI is InChI=1S/C19H22N4O2S.ClH/c1-14-13-15(2)23-18(20-14)17(19(21-23)22-11-7-4-8-12-22)26(24,25)16-9-5-3-6-10-16;/h3,5-6,9-10,13H,4,7-8,11-12H2,1-2H3;1H. The van der Waals surface area contributed by atoms with Gasteiger partial charge < -0.3 is 4.90 Å². The lowest BCUT2D eigenvalue weighted by molar-refractivity contribution is 0.566. The highest BCUT2D eigenvalue weighted by atomic mass is 35.5. The maximum absolute atomic E-state index is 13.5. The molecule has 8 heteroatoms. The van der Waals surface area contributed by atoms with E-state index < -0.39 is 9.84 Å². The molecule has 1 aliphatic rings. The molecule has 0 amide bonds. The molecule has 1 saturated heterocycles. The van der Waals surface area contributed by atoms with Crippen molar-refractivity contribution in [1.29, 1.82) is 0 Å². The molecule has 0 N–H and O–H groups in total. The molecule has 2 aromatic heterocycles. The van der Waals surface area contributed by atoms with Crippen LogP contribution in [0.4, 0.5) is 5.82 Å². The summed E-state index contributed by atoms with van der Waals surface area (Å²) in [5, 5.41) is 4.67. The van der Waals surface area contributed by atoms with E-state index in [0.717, 1.165) is 37.3 Å². The summed E-state index contributed by atoms with van der Waals surface area (Å²) in [6.45, 7) is 5.44. The van der Waals surface area contributed by atoms with Crippen molar-refractivity contribution in [3.8, 4) is 0 Å². The number of hydrogen-bond donors (Lipinski definition) is 0. The Kier molecular flexibility index (Phi) is 5.44. The molecule has 0 saturated carbocycles. The molecule has 1 aliphatic heterocycles. The summed E-state index contributed by atoms with van der Waals surface area (Å²) < 4.78 is 28.6. The zero-order chi connectivity index (χ0) is 18.3. The Hall–Kier alpha value is -2.12. The van der Waals surface area contributed by atoms with Gasteiger partial charge >= 0.3 is 0 Å². The number of rotatable bonds is 3. The van der Waals surface area contributed by atoms with Crippen LogP contribution in [0.5, 0.6) is 0 Å². The van der Waals surface area contributed by atoms with Crippen molar-refractivity contribution in [2.24, 2.45) is 0 Å². The fourth-order valence-corrected chi connectivity index (χ4v) is 5.09. The largest absolute Gasteiger partial charge is 0.354 e. The van der Waals surface area contributed by atoms with Gasteiger partial charge in [-0.1, -0.05) is 18.2 Å². The Labute approximate surface area is 165 Å². The number of fused-ring (bicyclic) bond motifs is 1. The highest BCUT2D eigenvalue weighted by molar-refractivity contribution is 7.91. The van der Waals surface area contributed by atoms with Gasteiger partial charge in [-0.3, -0.25) is 0 Å². The number of hydrogen-bond acceptors (Lipinski definition) is 5. The lowest BCUT2D eigenvalue weighted by Crippen LogP contribution is -2.30. The molecule has 0 atom stereocenters. The minimum Gasteiger partial charge on any atom is -0.354 e. The average molecular weight is 407 g/mol. The Balaban J connectivity index is 0.00000210. The number of piperidine rings is 1. The fraction of sp³-hybridized carbons (Fsp3) is 0.368. The van der Waals surface area contributed by atoms with E-state index in [9.17, 15) is 8.42 Å². The Morgan fingerprint density at radius 2 is 1.67 bits per heavy atom. The topological polar surface area (TPSA) is 67.6 Å². The summed E-state index contributed by atoms with van der Waals surface area (Å²) in [6.07, 6.45) is 3.26. The number of anilines is 1. The third kappa shape index (κ3) is 3.41. The van der Waals surface area contributed by atoms with Crippen molar-refractivity contribution in [2.75, 3.05) is 18.0 Å². The van der Waals surface area contributed by atoms with Gasteiger partial charge in [0, 0.05) is 24.5 Å². The van der Waals surface area contributed by atoms with Crippen molar-refractivity contribution in [3.63, 3.8) is 0 Å². The van der Waals surface area contributed by atoms with Crippen molar-refractivity contribution < 1.29 is 8.42 Å². The first-order chi connectivity index (χ1) is 12.5. The van der Waals surface area contributed by atoms with Gasteiger partial charge in [0.25, 0.3) is 0 Å². The van der Waals surface area contributed by atoms with Gasteiger partial charge in [-0.25, -0.2) is 17.9 Å². The maximum atomic E-state index is 13.5. The number of halogens is 1. The van der Waals surface area contributed by atoms with Crippen molar-refractivity contribution in [1.82, 2.24) is 14.6 Å². The monoisotopic (exact) mass is 406 g/mol. The third-order valence-electron chi connectivity index (χ3n) is 4.81. The van der Waals surface area contributed by atoms with E-state index in [4.69, 9.17) is 0 Å². The van der Waals surface area contributed by atoms with Crippen LogP contribution >= 0.6 is 12.4 Å². The number of aromatic nitrogens is 3. The Bertz CT molecular complexity index is 1060. The van der Waals surface area contributed by atoms with Gasteiger partial charge in [0.2, 0.25) is 9.84 Å². The smallest absolute Gasteiger partial charge is 0.214 e. The van der Waals surface area contributed by atoms with Gasteiger partial charge in [-0.15, -0.1) is 17.5 Å². The predicted octanol–water partition coefficient (Wildman–Crippen LogP) is 3.59. The summed E-state index contributed by atoms with van der Waals surface area (Å²) in [4.78, 5) is 7.12. The quantitative estimate of drug-likeness (QED) is 0.664. The molecule has 1 fully saturated rings. The number of nitrogens with zero attached hydrogens (tertiary/aromatic N) is 4. The van der Waals surface area contributed by atoms with Crippen LogP contribution in [-0.2, 0) is 9.84 Å². The molecule has 1 aromatic carbocycles. The first kappa shape index (κ1) is 19.6. The lowest BCUT2D eigenvalue weighted by atomic mass is 10.1. The van der Waals surface area contributed by atoms with Gasteiger partial charge in [0.15, 0.2) is 16.4 Å². The molecule has 0 aliphatic carbocycles. The first-order valence-electron chi connectivity index (χ1n) is 8.90. The van der Waals surface area contributed by atoms with Crippen molar-refractivity contribution in [2.45, 2.75) is 42.9 Å². The highest BCUT2D eigenvalue weighted by Gasteiger charge is 2.32. The molecular weight excluding hydrogens is 384 g/mol. The van der Waals surface area contributed by atoms with E-state index in [1.807, 2.05) is 26.0 Å². The molecule has 144 valence electrons. The first-order valence-corrected chi connectivity index (χ1v) is 10.4. The summed E-state index contributed by atoms with van der Waals surface area (Å²) in [7, 11) is -3.72. The SMILES string of the molecule is Cc1cc(C)n2nc(N3CCCCC3)c(S(=O)(=O)c3ccccc3)c2n1.Cl. The Morgan fingerprint density at radius 1 is 1.00 bits per heavy atom. The summed E-state index contributed by atoms with van der Waals surface area (Å²) in [5.74, 6) is 0.523. The molecule has 6 nitrogen and oxygen atoms in total. The molecule has 0 unspecified atom stereocenters. The van der Waals surface area contributed by atoms with Crippen LogP contribution in [0.3, 0.4) is 0 Å². The molecule has 0 bridgehead atoms. The van der Waals surface area contributed by atoms with Crippen molar-refractivity contribution >= 4 is 33.7 Å². The summed E-state index contributed by atoms with van der Waals surface area (Å²) >= 11 is 0. The molecule has 27 heavy (non-hydrogen) atoms. The predicted molar refractivity (Wildman–Crippen MR) is 108 cm³/mol. The second-order valence-corrected chi connectivity index (χ2v) is 8.68. The summed E-state index contributed by atoms with van der Waals surface area (Å²) in [6, 6.07) is 10.5. The van der Waals surface area contributed by atoms with Crippen LogP contribution in [0.25, 0.3) is 5.65 Å². The van der Waals surface area contributed by atoms with Gasteiger partial charge in [-0.05, 0) is 51.3 Å². The minimum atomic E-state index is -3.72. The lowest BCUT2D eigenvalue weighted by Gasteiger charge is -2.27. The molecular formula is C19H23ClN4O2S. The third-order valence-corrected chi connectivity index (χ3v) is 6.61. The zero-order valence-corrected chi connectivity index (χ0v) is 17.1. The van der Waals surface area contributed by atoms with Crippen molar-refractivity contribution in [3.05, 3.63) is 47.8 Å². The van der Waals surface area contributed by atoms with E-state index >= 15 is 0 Å². The second kappa shape index (κ2) is 7.48. The van der Waals surface area contributed by atoms with Crippen LogP contribution in [-0.4, -0.2) is 36.1 Å². The Morgan fingerprint density at radius 3 is 2.33 bits per heavy atom. The highest BCUT2D eigenvalue weighted by Crippen LogP contribution is 2.34. The van der Waals surface area contributed by atoms with Crippen LogP contribution in [0, 0.1) is 13.8 Å². The zero-order valence-electron chi connectivity index (χ0n) is 15.4. The number of sulfone groups is 1. The fourth-order valence-electron chi connectivity index (χ4n) is 3.56. The molecule has 0 spiro atoms. The van der Waals surface area contributed by atoms with Gasteiger partial charge in [0.05, 0.1) is 4.90 Å². The summed E-state index contributed by atoms with van der Waals surface area (Å²) in [5.41, 5.74) is 2.07. The van der Waals surface area contributed by atoms with Crippen LogP contribution in [0.2, 0.25) is 0 Å². The normalized spacial score (nSPS) is 15.0. The van der Waals surface area contributed by atoms with E-state index in [1.54, 1.807) is 28.8 Å². The van der Waals surface area contributed by atoms with Gasteiger partial charge in [-0.2, -0.15) is 0 Å². The van der Waals surface area contributed by atoms with Crippen LogP contribution in [0.1, 0.15) is 30.7 Å². The maximum Gasteiger partial charge on any atom is 0.214 e. The van der Waals surface area contributed by atoms with Gasteiger partial charge in [0.1, 0.15) is 0 Å². The van der Waals surface area contributed by atoms with E-state index in [-0.39, 0.29) is 22.2 Å². The van der Waals surface area contributed by atoms with Crippen LogP contribution < -0.4 is 4.90 Å².